The fourth-order valence-electron chi connectivity index (χ4n) is 3.12. The molecule has 0 aliphatic carbocycles. The standard InChI is InChI=1S/C24H22N2O6/c1-4-31-24(28)20-10-9-19(11-22(20)32-15-29-2)26-13-18(12-25)21(14-26)16-5-7-17(8-6-16)23(27)30-3/h5-11,13-14H,4,15H2,1-3H3. The number of carbonyl (C=O) groups excluding carboxylic acids is 2. The van der Waals surface area contributed by atoms with Gasteiger partial charge in [-0.15, -0.1) is 0 Å². The van der Waals surface area contributed by atoms with Gasteiger partial charge < -0.3 is 23.5 Å². The highest BCUT2D eigenvalue weighted by Gasteiger charge is 2.17. The maximum Gasteiger partial charge on any atom is 0.341 e. The van der Waals surface area contributed by atoms with Gasteiger partial charge in [0.15, 0.2) is 6.79 Å². The van der Waals surface area contributed by atoms with Crippen molar-refractivity contribution in [3.63, 3.8) is 0 Å². The zero-order valence-corrected chi connectivity index (χ0v) is 18.0. The summed E-state index contributed by atoms with van der Waals surface area (Å²) in [5.74, 6) is -0.624. The van der Waals surface area contributed by atoms with E-state index in [1.807, 2.05) is 0 Å². The van der Waals surface area contributed by atoms with E-state index >= 15 is 0 Å². The lowest BCUT2D eigenvalue weighted by Gasteiger charge is -2.12. The number of ether oxygens (including phenoxy) is 4. The number of rotatable bonds is 8. The molecule has 0 aliphatic heterocycles. The van der Waals surface area contributed by atoms with E-state index in [2.05, 4.69) is 6.07 Å². The third-order valence-electron chi connectivity index (χ3n) is 4.65. The van der Waals surface area contributed by atoms with Crippen molar-refractivity contribution in [2.75, 3.05) is 27.6 Å². The minimum absolute atomic E-state index is 0.0389. The predicted molar refractivity (Wildman–Crippen MR) is 116 cm³/mol. The van der Waals surface area contributed by atoms with Crippen LogP contribution in [0.25, 0.3) is 16.8 Å². The highest BCUT2D eigenvalue weighted by atomic mass is 16.7. The van der Waals surface area contributed by atoms with E-state index in [9.17, 15) is 14.9 Å². The molecule has 0 atom stereocenters. The first-order valence-electron chi connectivity index (χ1n) is 9.76. The number of esters is 2. The second-order valence-corrected chi connectivity index (χ2v) is 6.63. The fraction of sp³-hybridized carbons (Fsp3) is 0.208. The number of methoxy groups -OCH3 is 2. The first-order chi connectivity index (χ1) is 15.5. The van der Waals surface area contributed by atoms with Gasteiger partial charge in [-0.2, -0.15) is 5.26 Å². The van der Waals surface area contributed by atoms with Crippen LogP contribution < -0.4 is 4.74 Å². The summed E-state index contributed by atoms with van der Waals surface area (Å²) in [6.07, 6.45) is 3.48. The van der Waals surface area contributed by atoms with E-state index in [4.69, 9.17) is 18.9 Å². The largest absolute Gasteiger partial charge is 0.467 e. The Morgan fingerprint density at radius 2 is 1.78 bits per heavy atom. The summed E-state index contributed by atoms with van der Waals surface area (Å²) in [5, 5.41) is 9.63. The molecule has 0 amide bonds. The fourth-order valence-corrected chi connectivity index (χ4v) is 3.12. The molecule has 0 unspecified atom stereocenters. The van der Waals surface area contributed by atoms with Gasteiger partial charge in [-0.1, -0.05) is 12.1 Å². The topological polar surface area (TPSA) is 99.8 Å². The Morgan fingerprint density at radius 3 is 2.41 bits per heavy atom. The summed E-state index contributed by atoms with van der Waals surface area (Å²) in [6.45, 7) is 1.93. The summed E-state index contributed by atoms with van der Waals surface area (Å²) in [4.78, 5) is 23.9. The first-order valence-corrected chi connectivity index (χ1v) is 9.76. The molecule has 8 nitrogen and oxygen atoms in total. The third kappa shape index (κ3) is 4.79. The zero-order valence-electron chi connectivity index (χ0n) is 18.0. The third-order valence-corrected chi connectivity index (χ3v) is 4.65. The molecule has 0 saturated heterocycles. The van der Waals surface area contributed by atoms with Gasteiger partial charge in [-0.25, -0.2) is 9.59 Å². The van der Waals surface area contributed by atoms with Gasteiger partial charge in [0.2, 0.25) is 0 Å². The molecule has 2 aromatic carbocycles. The maximum atomic E-state index is 12.2. The summed E-state index contributed by atoms with van der Waals surface area (Å²) in [7, 11) is 2.80. The smallest absolute Gasteiger partial charge is 0.341 e. The SMILES string of the molecule is CCOC(=O)c1ccc(-n2cc(C#N)c(-c3ccc(C(=O)OC)cc3)c2)cc1OCOC. The van der Waals surface area contributed by atoms with E-state index in [0.29, 0.717) is 28.1 Å². The van der Waals surface area contributed by atoms with Gasteiger partial charge in [-0.3, -0.25) is 0 Å². The van der Waals surface area contributed by atoms with Crippen LogP contribution in [-0.4, -0.2) is 44.1 Å². The number of benzene rings is 2. The van der Waals surface area contributed by atoms with Crippen molar-refractivity contribution >= 4 is 11.9 Å². The zero-order chi connectivity index (χ0) is 23.1. The number of nitriles is 1. The van der Waals surface area contributed by atoms with E-state index < -0.39 is 11.9 Å². The Kier molecular flexibility index (Phi) is 7.26. The summed E-state index contributed by atoms with van der Waals surface area (Å²) in [6, 6.07) is 14.0. The monoisotopic (exact) mass is 434 g/mol. The first kappa shape index (κ1) is 22.6. The van der Waals surface area contributed by atoms with Crippen molar-refractivity contribution in [1.82, 2.24) is 4.57 Å². The molecule has 0 radical (unpaired) electrons. The lowest BCUT2D eigenvalue weighted by atomic mass is 10.0. The van der Waals surface area contributed by atoms with Crippen molar-refractivity contribution in [3.05, 3.63) is 71.5 Å². The molecule has 3 rings (SSSR count). The van der Waals surface area contributed by atoms with Crippen LogP contribution in [0, 0.1) is 11.3 Å². The predicted octanol–water partition coefficient (Wildman–Crippen LogP) is 3.96. The maximum absolute atomic E-state index is 12.2. The van der Waals surface area contributed by atoms with Crippen LogP contribution in [0.5, 0.6) is 5.75 Å². The number of carbonyl (C=O) groups is 2. The Hall–Kier alpha value is -4.09. The Balaban J connectivity index is 2.00. The summed E-state index contributed by atoms with van der Waals surface area (Å²) in [5.41, 5.74) is 3.29. The number of nitrogens with zero attached hydrogens (tertiary/aromatic N) is 2. The molecule has 0 saturated carbocycles. The number of hydrogen-bond donors (Lipinski definition) is 0. The van der Waals surface area contributed by atoms with Crippen molar-refractivity contribution in [3.8, 4) is 28.6 Å². The van der Waals surface area contributed by atoms with E-state index in [-0.39, 0.29) is 19.0 Å². The number of hydrogen-bond acceptors (Lipinski definition) is 7. The minimum atomic E-state index is -0.498. The second-order valence-electron chi connectivity index (χ2n) is 6.63. The van der Waals surface area contributed by atoms with Crippen LogP contribution in [0.15, 0.2) is 54.9 Å². The quantitative estimate of drug-likeness (QED) is 0.391. The molecule has 0 fully saturated rings. The van der Waals surface area contributed by atoms with Crippen LogP contribution in [-0.2, 0) is 14.2 Å². The van der Waals surface area contributed by atoms with Gasteiger partial charge >= 0.3 is 11.9 Å². The molecule has 0 spiro atoms. The van der Waals surface area contributed by atoms with Crippen molar-refractivity contribution in [2.45, 2.75) is 6.92 Å². The Labute approximate surface area is 185 Å². The average molecular weight is 434 g/mol. The molecule has 164 valence electrons. The van der Waals surface area contributed by atoms with Crippen molar-refractivity contribution < 1.29 is 28.5 Å². The van der Waals surface area contributed by atoms with Crippen LogP contribution in [0.3, 0.4) is 0 Å². The highest BCUT2D eigenvalue weighted by molar-refractivity contribution is 5.93. The molecule has 0 aliphatic rings. The van der Waals surface area contributed by atoms with E-state index in [0.717, 1.165) is 5.56 Å². The van der Waals surface area contributed by atoms with E-state index in [1.165, 1.54) is 14.2 Å². The van der Waals surface area contributed by atoms with Gasteiger partial charge in [0, 0.05) is 36.8 Å². The Bertz CT molecular complexity index is 1160. The molecule has 1 heterocycles. The normalized spacial score (nSPS) is 10.3. The molecule has 8 heteroatoms. The van der Waals surface area contributed by atoms with Gasteiger partial charge in [-0.05, 0) is 36.8 Å². The average Bonchev–Trinajstić information content (AvgIpc) is 3.27. The minimum Gasteiger partial charge on any atom is -0.467 e. The van der Waals surface area contributed by atoms with Crippen LogP contribution in [0.4, 0.5) is 0 Å². The van der Waals surface area contributed by atoms with Gasteiger partial charge in [0.05, 0.1) is 24.8 Å². The summed E-state index contributed by atoms with van der Waals surface area (Å²) >= 11 is 0. The summed E-state index contributed by atoms with van der Waals surface area (Å²) < 4.78 is 22.1. The van der Waals surface area contributed by atoms with Crippen LogP contribution in [0.1, 0.15) is 33.2 Å². The van der Waals surface area contributed by atoms with Crippen LogP contribution in [0.2, 0.25) is 0 Å². The van der Waals surface area contributed by atoms with E-state index in [1.54, 1.807) is 66.3 Å². The van der Waals surface area contributed by atoms with Gasteiger partial charge in [0.1, 0.15) is 17.4 Å². The molecule has 0 bridgehead atoms. The molecule has 0 N–H and O–H groups in total. The van der Waals surface area contributed by atoms with Crippen LogP contribution >= 0.6 is 0 Å². The molecule has 32 heavy (non-hydrogen) atoms. The Morgan fingerprint density at radius 1 is 1.03 bits per heavy atom. The molecular weight excluding hydrogens is 412 g/mol. The lowest BCUT2D eigenvalue weighted by Crippen LogP contribution is -2.10. The molecular formula is C24H22N2O6. The molecule has 1 aromatic heterocycles. The highest BCUT2D eigenvalue weighted by Crippen LogP contribution is 2.29. The number of aromatic nitrogens is 1. The van der Waals surface area contributed by atoms with Crippen molar-refractivity contribution in [1.29, 1.82) is 5.26 Å². The second kappa shape index (κ2) is 10.3. The van der Waals surface area contributed by atoms with Crippen molar-refractivity contribution in [2.24, 2.45) is 0 Å². The lowest BCUT2D eigenvalue weighted by molar-refractivity contribution is 0.0438. The van der Waals surface area contributed by atoms with Gasteiger partial charge in [0.25, 0.3) is 0 Å². The molecule has 3 aromatic rings.